The average molecular weight is 432 g/mol. The molecule has 3 aliphatic heterocycles. The number of hydrogen-bond acceptors (Lipinski definition) is 4. The minimum Gasteiger partial charge on any atom is -0.454 e. The van der Waals surface area contributed by atoms with Crippen molar-refractivity contribution in [3.63, 3.8) is 0 Å². The molecule has 1 unspecified atom stereocenters. The number of nitrogens with zero attached hydrogens (tertiary/aromatic N) is 2. The second kappa shape index (κ2) is 8.45. The van der Waals surface area contributed by atoms with Crippen LogP contribution in [-0.2, 0) is 12.8 Å². The van der Waals surface area contributed by atoms with E-state index >= 15 is 0 Å². The predicted molar refractivity (Wildman–Crippen MR) is 127 cm³/mol. The summed E-state index contributed by atoms with van der Waals surface area (Å²) in [5, 5.41) is 1.36. The van der Waals surface area contributed by atoms with Crippen molar-refractivity contribution in [1.29, 1.82) is 0 Å². The number of aromatic nitrogens is 1. The van der Waals surface area contributed by atoms with Gasteiger partial charge in [0.2, 0.25) is 6.79 Å². The summed E-state index contributed by atoms with van der Waals surface area (Å²) in [5.41, 5.74) is 5.55. The number of rotatable bonds is 5. The number of aryl methyl sites for hydroxylation is 1. The molecule has 3 aliphatic rings. The number of H-pyrrole nitrogens is 1. The van der Waals surface area contributed by atoms with Gasteiger partial charge in [0.05, 0.1) is 0 Å². The molecule has 0 bridgehead atoms. The minimum absolute atomic E-state index is 0.345. The highest BCUT2D eigenvalue weighted by atomic mass is 16.7. The van der Waals surface area contributed by atoms with Crippen LogP contribution in [0.4, 0.5) is 0 Å². The van der Waals surface area contributed by atoms with E-state index in [1.54, 1.807) is 0 Å². The zero-order valence-electron chi connectivity index (χ0n) is 19.0. The van der Waals surface area contributed by atoms with E-state index in [-0.39, 0.29) is 0 Å². The number of benzene rings is 2. The fraction of sp³-hybridized carbons (Fsp3) is 0.481. The minimum atomic E-state index is 0.345. The third kappa shape index (κ3) is 3.78. The van der Waals surface area contributed by atoms with Gasteiger partial charge >= 0.3 is 0 Å². The first-order chi connectivity index (χ1) is 15.7. The van der Waals surface area contributed by atoms with Gasteiger partial charge in [-0.15, -0.1) is 0 Å². The lowest BCUT2D eigenvalue weighted by molar-refractivity contribution is 0.115. The van der Waals surface area contributed by atoms with Crippen molar-refractivity contribution in [2.24, 2.45) is 5.92 Å². The van der Waals surface area contributed by atoms with Crippen LogP contribution in [0.15, 0.2) is 42.6 Å². The highest BCUT2D eigenvalue weighted by Crippen LogP contribution is 2.42. The van der Waals surface area contributed by atoms with Crippen LogP contribution in [0.2, 0.25) is 0 Å². The molecule has 168 valence electrons. The number of ether oxygens (including phenoxy) is 2. The molecule has 0 spiro atoms. The van der Waals surface area contributed by atoms with Gasteiger partial charge in [-0.3, -0.25) is 4.90 Å². The second-order valence-electron chi connectivity index (χ2n) is 9.81. The molecule has 5 heteroatoms. The lowest BCUT2D eigenvalue weighted by Crippen LogP contribution is -2.42. The van der Waals surface area contributed by atoms with Gasteiger partial charge in [-0.1, -0.05) is 18.2 Å². The number of para-hydroxylation sites is 1. The highest BCUT2D eigenvalue weighted by Gasteiger charge is 2.32. The maximum Gasteiger partial charge on any atom is 0.231 e. The Kier molecular flexibility index (Phi) is 5.32. The largest absolute Gasteiger partial charge is 0.454 e. The van der Waals surface area contributed by atoms with E-state index in [0.717, 1.165) is 43.2 Å². The number of fused-ring (bicyclic) bond motifs is 3. The molecule has 1 fully saturated rings. The Morgan fingerprint density at radius 1 is 1.03 bits per heavy atom. The van der Waals surface area contributed by atoms with Crippen molar-refractivity contribution >= 4 is 10.9 Å². The van der Waals surface area contributed by atoms with Crippen LogP contribution in [0.25, 0.3) is 10.9 Å². The molecule has 0 aliphatic carbocycles. The molecule has 32 heavy (non-hydrogen) atoms. The fourth-order valence-electron chi connectivity index (χ4n) is 5.91. The molecule has 1 N–H and O–H groups in total. The molecule has 6 rings (SSSR count). The van der Waals surface area contributed by atoms with Gasteiger partial charge in [-0.2, -0.15) is 0 Å². The van der Waals surface area contributed by atoms with E-state index in [1.807, 2.05) is 0 Å². The third-order valence-electron chi connectivity index (χ3n) is 7.80. The Hall–Kier alpha value is -2.50. The van der Waals surface area contributed by atoms with E-state index in [0.29, 0.717) is 12.8 Å². The first-order valence-electron chi connectivity index (χ1n) is 12.1. The maximum absolute atomic E-state index is 5.77. The molecule has 1 atom stereocenters. The summed E-state index contributed by atoms with van der Waals surface area (Å²) < 4.78 is 11.4. The van der Waals surface area contributed by atoms with Gasteiger partial charge < -0.3 is 19.4 Å². The molecular weight excluding hydrogens is 398 g/mol. The van der Waals surface area contributed by atoms with Crippen molar-refractivity contribution in [3.05, 3.63) is 59.3 Å². The van der Waals surface area contributed by atoms with Crippen LogP contribution in [0.3, 0.4) is 0 Å². The molecule has 5 nitrogen and oxygen atoms in total. The monoisotopic (exact) mass is 431 g/mol. The van der Waals surface area contributed by atoms with Crippen LogP contribution < -0.4 is 9.47 Å². The molecule has 1 saturated heterocycles. The van der Waals surface area contributed by atoms with Crippen LogP contribution >= 0.6 is 0 Å². The van der Waals surface area contributed by atoms with Gasteiger partial charge in [-0.25, -0.2) is 0 Å². The summed E-state index contributed by atoms with van der Waals surface area (Å²) in [5.74, 6) is 2.64. The predicted octanol–water partition coefficient (Wildman–Crippen LogP) is 4.77. The van der Waals surface area contributed by atoms with Gasteiger partial charge in [0, 0.05) is 36.2 Å². The van der Waals surface area contributed by atoms with Gasteiger partial charge in [0.1, 0.15) is 0 Å². The molecular formula is C27H33N3O2. The zero-order valence-corrected chi connectivity index (χ0v) is 19.0. The van der Waals surface area contributed by atoms with Crippen LogP contribution in [-0.4, -0.2) is 54.8 Å². The van der Waals surface area contributed by atoms with Crippen molar-refractivity contribution in [2.75, 3.05) is 40.0 Å². The summed E-state index contributed by atoms with van der Waals surface area (Å²) in [4.78, 5) is 8.70. The molecule has 0 amide bonds. The lowest BCUT2D eigenvalue weighted by atomic mass is 9.86. The van der Waals surface area contributed by atoms with Crippen molar-refractivity contribution < 1.29 is 9.47 Å². The first kappa shape index (κ1) is 20.1. The van der Waals surface area contributed by atoms with Gasteiger partial charge in [-0.05, 0) is 93.0 Å². The Balaban J connectivity index is 1.27. The van der Waals surface area contributed by atoms with Gasteiger partial charge in [0.25, 0.3) is 0 Å². The number of likely N-dealkylation sites (tertiary alicyclic amines) is 1. The fourth-order valence-corrected chi connectivity index (χ4v) is 5.91. The van der Waals surface area contributed by atoms with E-state index in [9.17, 15) is 0 Å². The maximum atomic E-state index is 5.77. The summed E-state index contributed by atoms with van der Waals surface area (Å²) in [7, 11) is 2.25. The van der Waals surface area contributed by atoms with Crippen molar-refractivity contribution in [2.45, 2.75) is 38.1 Å². The molecule has 3 aromatic rings. The van der Waals surface area contributed by atoms with E-state index < -0.39 is 0 Å². The van der Waals surface area contributed by atoms with Crippen LogP contribution in [0, 0.1) is 5.92 Å². The summed E-state index contributed by atoms with van der Waals surface area (Å²) >= 11 is 0. The molecule has 0 radical (unpaired) electrons. The number of hydrogen-bond donors (Lipinski definition) is 1. The Morgan fingerprint density at radius 3 is 2.72 bits per heavy atom. The zero-order chi connectivity index (χ0) is 21.5. The van der Waals surface area contributed by atoms with Crippen LogP contribution in [0.1, 0.15) is 42.0 Å². The van der Waals surface area contributed by atoms with E-state index in [1.165, 1.54) is 60.1 Å². The van der Waals surface area contributed by atoms with Crippen molar-refractivity contribution in [1.82, 2.24) is 14.8 Å². The Labute approximate surface area is 190 Å². The molecule has 0 saturated carbocycles. The second-order valence-corrected chi connectivity index (χ2v) is 9.81. The first-order valence-corrected chi connectivity index (χ1v) is 12.1. The normalized spacial score (nSPS) is 21.8. The lowest BCUT2D eigenvalue weighted by Gasteiger charge is -2.41. The standard InChI is InChI=1S/C27H33N3O2/c1-29-11-8-19(9-12-29)17-30-13-10-20-14-26-27(32-18-31-26)15-23(20)25(30)7-6-21-16-28-24-5-3-2-4-22(21)24/h2-5,14-16,19,25,28H,6-13,17-18H2,1H3. The molecule has 2 aromatic carbocycles. The smallest absolute Gasteiger partial charge is 0.231 e. The quantitative estimate of drug-likeness (QED) is 0.632. The highest BCUT2D eigenvalue weighted by molar-refractivity contribution is 5.83. The summed E-state index contributed by atoms with van der Waals surface area (Å²) in [6.45, 7) is 5.15. The molecule has 4 heterocycles. The third-order valence-corrected chi connectivity index (χ3v) is 7.80. The SMILES string of the molecule is CN1CCC(CN2CCc3cc4c(cc3C2CCc2c[nH]c3ccccc23)OCO4)CC1. The van der Waals surface area contributed by atoms with E-state index in [2.05, 4.69) is 64.4 Å². The number of piperidine rings is 1. The Bertz CT molecular complexity index is 1100. The topological polar surface area (TPSA) is 40.7 Å². The number of nitrogens with one attached hydrogen (secondary N) is 1. The van der Waals surface area contributed by atoms with Gasteiger partial charge in [0.15, 0.2) is 11.5 Å². The average Bonchev–Trinajstić information content (AvgIpc) is 3.45. The van der Waals surface area contributed by atoms with Crippen molar-refractivity contribution in [3.8, 4) is 11.5 Å². The van der Waals surface area contributed by atoms with Crippen LogP contribution in [0.5, 0.6) is 11.5 Å². The summed E-state index contributed by atoms with van der Waals surface area (Å²) in [6, 6.07) is 13.6. The number of aromatic amines is 1. The Morgan fingerprint density at radius 2 is 1.84 bits per heavy atom. The molecule has 1 aromatic heterocycles. The summed E-state index contributed by atoms with van der Waals surface area (Å²) in [6.07, 6.45) is 8.14. The van der Waals surface area contributed by atoms with E-state index in [4.69, 9.17) is 9.47 Å².